The first-order valence-corrected chi connectivity index (χ1v) is 7.41. The van der Waals surface area contributed by atoms with Gasteiger partial charge in [0.05, 0.1) is 13.2 Å². The van der Waals surface area contributed by atoms with Gasteiger partial charge in [-0.25, -0.2) is 5.84 Å². The first kappa shape index (κ1) is 15.7. The zero-order valence-electron chi connectivity index (χ0n) is 12.4. The highest BCUT2D eigenvalue weighted by Crippen LogP contribution is 2.35. The summed E-state index contributed by atoms with van der Waals surface area (Å²) in [5.74, 6) is 6.00. The number of anilines is 2. The number of nitrogens with two attached hydrogens (primary N) is 1. The predicted octanol–water partition coefficient (Wildman–Crippen LogP) is 0.911. The fraction of sp³-hybridized carbons (Fsp3) is 0.769. The number of hydrazine groups is 1. The van der Waals surface area contributed by atoms with E-state index in [9.17, 15) is 5.11 Å². The van der Waals surface area contributed by atoms with Gasteiger partial charge >= 0.3 is 6.01 Å². The number of ether oxygens (including phenoxy) is 1. The van der Waals surface area contributed by atoms with Gasteiger partial charge in [-0.05, 0) is 19.8 Å². The molecule has 1 heterocycles. The molecule has 1 aromatic heterocycles. The molecule has 0 unspecified atom stereocenters. The van der Waals surface area contributed by atoms with Crippen molar-refractivity contribution in [2.24, 2.45) is 11.3 Å². The van der Waals surface area contributed by atoms with E-state index in [1.807, 2.05) is 6.92 Å². The number of nitrogens with one attached hydrogen (secondary N) is 2. The zero-order valence-corrected chi connectivity index (χ0v) is 12.4. The molecule has 1 saturated carbocycles. The summed E-state index contributed by atoms with van der Waals surface area (Å²) in [6, 6.07) is 0.227. The highest BCUT2D eigenvalue weighted by molar-refractivity contribution is 5.35. The number of nitrogen functional groups attached to an aromatic ring is 1. The number of aromatic nitrogens is 3. The molecule has 118 valence electrons. The molecule has 8 heteroatoms. The van der Waals surface area contributed by atoms with Gasteiger partial charge in [0.25, 0.3) is 0 Å². The molecule has 1 aromatic rings. The number of aliphatic hydroxyl groups excluding tert-OH is 1. The summed E-state index contributed by atoms with van der Waals surface area (Å²) in [5, 5.41) is 12.9. The average Bonchev–Trinajstić information content (AvgIpc) is 2.54. The van der Waals surface area contributed by atoms with E-state index >= 15 is 0 Å². The van der Waals surface area contributed by atoms with E-state index in [1.54, 1.807) is 0 Å². The molecule has 0 spiro atoms. The maximum atomic E-state index is 9.71. The normalized spacial score (nSPS) is 17.3. The third-order valence-electron chi connectivity index (χ3n) is 3.89. The topological polar surface area (TPSA) is 118 Å². The van der Waals surface area contributed by atoms with Crippen LogP contribution in [0.15, 0.2) is 0 Å². The molecular weight excluding hydrogens is 272 g/mol. The fourth-order valence-electron chi connectivity index (χ4n) is 2.65. The largest absolute Gasteiger partial charge is 0.464 e. The van der Waals surface area contributed by atoms with Gasteiger partial charge in [0.15, 0.2) is 0 Å². The highest BCUT2D eigenvalue weighted by Gasteiger charge is 2.31. The second-order valence-corrected chi connectivity index (χ2v) is 5.41. The van der Waals surface area contributed by atoms with E-state index in [1.165, 1.54) is 6.42 Å². The molecule has 0 bridgehead atoms. The van der Waals surface area contributed by atoms with Crippen molar-refractivity contribution in [1.29, 1.82) is 0 Å². The summed E-state index contributed by atoms with van der Waals surface area (Å²) in [4.78, 5) is 12.3. The monoisotopic (exact) mass is 296 g/mol. The Balaban J connectivity index is 2.05. The van der Waals surface area contributed by atoms with Gasteiger partial charge in [-0.1, -0.05) is 19.3 Å². The Kier molecular flexibility index (Phi) is 5.51. The summed E-state index contributed by atoms with van der Waals surface area (Å²) in [7, 11) is 0. The van der Waals surface area contributed by atoms with Crippen molar-refractivity contribution < 1.29 is 9.84 Å². The molecule has 1 aliphatic rings. The van der Waals surface area contributed by atoms with Gasteiger partial charge in [-0.2, -0.15) is 15.0 Å². The van der Waals surface area contributed by atoms with Gasteiger partial charge in [-0.15, -0.1) is 0 Å². The van der Waals surface area contributed by atoms with E-state index in [0.29, 0.717) is 19.1 Å². The Hall–Kier alpha value is -1.67. The summed E-state index contributed by atoms with van der Waals surface area (Å²) in [6.07, 6.45) is 5.57. The Morgan fingerprint density at radius 1 is 1.19 bits per heavy atom. The average molecular weight is 296 g/mol. The second kappa shape index (κ2) is 7.37. The molecule has 1 aliphatic carbocycles. The standard InChI is InChI=1S/C13H24N6O2/c1-2-21-12-17-10(16-11(18-12)19-14)15-8-13(9-20)6-4-3-5-7-13/h20H,2-9,14H2,1H3,(H2,15,16,17,18,19). The molecule has 0 atom stereocenters. The summed E-state index contributed by atoms with van der Waals surface area (Å²) < 4.78 is 5.29. The maximum absolute atomic E-state index is 9.71. The van der Waals surface area contributed by atoms with Crippen LogP contribution in [0.2, 0.25) is 0 Å². The fourth-order valence-corrected chi connectivity index (χ4v) is 2.65. The van der Waals surface area contributed by atoms with Crippen LogP contribution < -0.4 is 21.3 Å². The molecule has 0 radical (unpaired) electrons. The molecule has 8 nitrogen and oxygen atoms in total. The molecule has 5 N–H and O–H groups in total. The smallest absolute Gasteiger partial charge is 0.323 e. The van der Waals surface area contributed by atoms with Crippen LogP contribution in [0.5, 0.6) is 6.01 Å². The van der Waals surface area contributed by atoms with E-state index in [0.717, 1.165) is 25.7 Å². The van der Waals surface area contributed by atoms with Crippen molar-refractivity contribution in [3.8, 4) is 6.01 Å². The van der Waals surface area contributed by atoms with Crippen LogP contribution in [0.4, 0.5) is 11.9 Å². The maximum Gasteiger partial charge on any atom is 0.323 e. The second-order valence-electron chi connectivity index (χ2n) is 5.41. The molecule has 0 aliphatic heterocycles. The van der Waals surface area contributed by atoms with E-state index < -0.39 is 0 Å². The van der Waals surface area contributed by atoms with Crippen molar-refractivity contribution in [2.75, 3.05) is 30.5 Å². The van der Waals surface area contributed by atoms with Gasteiger partial charge in [0, 0.05) is 12.0 Å². The SMILES string of the molecule is CCOc1nc(NN)nc(NCC2(CO)CCCCC2)n1. The van der Waals surface area contributed by atoms with Crippen LogP contribution >= 0.6 is 0 Å². The van der Waals surface area contributed by atoms with Gasteiger partial charge in [0.1, 0.15) is 0 Å². The number of aliphatic hydroxyl groups is 1. The molecule has 0 aromatic carbocycles. The minimum Gasteiger partial charge on any atom is -0.464 e. The number of nitrogens with zero attached hydrogens (tertiary/aromatic N) is 3. The Morgan fingerprint density at radius 2 is 1.90 bits per heavy atom. The minimum absolute atomic E-state index is 0.0903. The van der Waals surface area contributed by atoms with Gasteiger partial charge in [-0.3, -0.25) is 5.43 Å². The van der Waals surface area contributed by atoms with E-state index in [2.05, 4.69) is 25.7 Å². The van der Waals surface area contributed by atoms with Crippen LogP contribution in [0.25, 0.3) is 0 Å². The lowest BCUT2D eigenvalue weighted by molar-refractivity contribution is 0.0942. The Labute approximate surface area is 124 Å². The number of hydrogen-bond donors (Lipinski definition) is 4. The van der Waals surface area contributed by atoms with Gasteiger partial charge in [0.2, 0.25) is 11.9 Å². The first-order valence-electron chi connectivity index (χ1n) is 7.41. The molecule has 0 amide bonds. The van der Waals surface area contributed by atoms with Crippen molar-refractivity contribution in [3.05, 3.63) is 0 Å². The third kappa shape index (κ3) is 4.15. The lowest BCUT2D eigenvalue weighted by atomic mass is 9.74. The van der Waals surface area contributed by atoms with Crippen LogP contribution in [0.3, 0.4) is 0 Å². The van der Waals surface area contributed by atoms with Crippen LogP contribution in [0.1, 0.15) is 39.0 Å². The summed E-state index contributed by atoms with van der Waals surface area (Å²) in [6.45, 7) is 3.12. The molecule has 1 fully saturated rings. The van der Waals surface area contributed by atoms with Crippen LogP contribution in [-0.2, 0) is 0 Å². The lowest BCUT2D eigenvalue weighted by Crippen LogP contribution is -2.36. The summed E-state index contributed by atoms with van der Waals surface area (Å²) in [5.41, 5.74) is 2.31. The van der Waals surface area contributed by atoms with Crippen LogP contribution in [0, 0.1) is 5.41 Å². The molecule has 21 heavy (non-hydrogen) atoms. The highest BCUT2D eigenvalue weighted by atomic mass is 16.5. The molecule has 2 rings (SSSR count). The Bertz CT molecular complexity index is 450. The predicted molar refractivity (Wildman–Crippen MR) is 79.9 cm³/mol. The van der Waals surface area contributed by atoms with E-state index in [-0.39, 0.29) is 24.0 Å². The van der Waals surface area contributed by atoms with Crippen LogP contribution in [-0.4, -0.2) is 39.8 Å². The Morgan fingerprint density at radius 3 is 2.52 bits per heavy atom. The molecular formula is C13H24N6O2. The quantitative estimate of drug-likeness (QED) is 0.433. The van der Waals surface area contributed by atoms with Crippen molar-refractivity contribution in [2.45, 2.75) is 39.0 Å². The molecule has 0 saturated heterocycles. The van der Waals surface area contributed by atoms with Crippen molar-refractivity contribution in [3.63, 3.8) is 0 Å². The number of hydrogen-bond acceptors (Lipinski definition) is 8. The van der Waals surface area contributed by atoms with Crippen molar-refractivity contribution >= 4 is 11.9 Å². The minimum atomic E-state index is -0.0903. The van der Waals surface area contributed by atoms with E-state index in [4.69, 9.17) is 10.6 Å². The number of rotatable bonds is 7. The van der Waals surface area contributed by atoms with Crippen molar-refractivity contribution in [1.82, 2.24) is 15.0 Å². The van der Waals surface area contributed by atoms with Gasteiger partial charge < -0.3 is 15.2 Å². The lowest BCUT2D eigenvalue weighted by Gasteiger charge is -2.35. The first-order chi connectivity index (χ1) is 10.2. The summed E-state index contributed by atoms with van der Waals surface area (Å²) >= 11 is 0. The zero-order chi connectivity index (χ0) is 15.1. The third-order valence-corrected chi connectivity index (χ3v) is 3.89.